The predicted octanol–water partition coefficient (Wildman–Crippen LogP) is 3.52. The predicted molar refractivity (Wildman–Crippen MR) is 94.9 cm³/mol. The van der Waals surface area contributed by atoms with Crippen LogP contribution in [0.25, 0.3) is 10.9 Å². The second-order valence-electron chi connectivity index (χ2n) is 5.52. The largest absolute Gasteiger partial charge is 0.465 e. The summed E-state index contributed by atoms with van der Waals surface area (Å²) in [6.07, 6.45) is 2.75. The summed E-state index contributed by atoms with van der Waals surface area (Å²) in [4.78, 5) is 25.4. The number of methoxy groups -OCH3 is 1. The summed E-state index contributed by atoms with van der Waals surface area (Å²) in [5.74, 6) is -0.730. The minimum absolute atomic E-state index is 0.0652. The van der Waals surface area contributed by atoms with Gasteiger partial charge in [-0.05, 0) is 30.2 Å². The molecule has 0 unspecified atom stereocenters. The third kappa shape index (κ3) is 3.45. The maximum absolute atomic E-state index is 11.7. The Morgan fingerprint density at radius 3 is 2.84 bits per heavy atom. The van der Waals surface area contributed by atoms with Crippen molar-refractivity contribution >= 4 is 28.2 Å². The molecule has 25 heavy (non-hydrogen) atoms. The van der Waals surface area contributed by atoms with Crippen LogP contribution in [0.2, 0.25) is 0 Å². The fraction of sp³-hybridized carbons (Fsp3) is 0.167. The van der Waals surface area contributed by atoms with Gasteiger partial charge in [0.25, 0.3) is 5.69 Å². The molecule has 0 amide bonds. The average Bonchev–Trinajstić information content (AvgIpc) is 3.04. The number of hydrogen-bond donors (Lipinski definition) is 2. The fourth-order valence-corrected chi connectivity index (χ4v) is 2.76. The number of nitrogens with one attached hydrogen (secondary N) is 2. The van der Waals surface area contributed by atoms with Crippen molar-refractivity contribution in [1.82, 2.24) is 4.98 Å². The number of carbonyl (C=O) groups is 1. The summed E-state index contributed by atoms with van der Waals surface area (Å²) in [5, 5.41) is 15.4. The van der Waals surface area contributed by atoms with Gasteiger partial charge in [-0.2, -0.15) is 0 Å². The van der Waals surface area contributed by atoms with Gasteiger partial charge in [-0.15, -0.1) is 0 Å². The molecule has 1 heterocycles. The number of benzene rings is 2. The van der Waals surface area contributed by atoms with E-state index in [2.05, 4.69) is 21.1 Å². The van der Waals surface area contributed by atoms with Gasteiger partial charge in [-0.1, -0.05) is 18.2 Å². The number of aromatic amines is 1. The number of nitro benzene ring substituents is 1. The molecule has 7 nitrogen and oxygen atoms in total. The second kappa shape index (κ2) is 7.04. The van der Waals surface area contributed by atoms with Crippen molar-refractivity contribution in [2.75, 3.05) is 19.0 Å². The van der Waals surface area contributed by atoms with Crippen LogP contribution in [0.1, 0.15) is 15.9 Å². The number of anilines is 1. The number of hydrogen-bond acceptors (Lipinski definition) is 5. The number of rotatable bonds is 6. The van der Waals surface area contributed by atoms with Crippen molar-refractivity contribution in [2.24, 2.45) is 0 Å². The SMILES string of the molecule is COC(=O)c1cc(NCCc2c[nH]c3ccccc23)ccc1[N+](=O)[O-]. The van der Waals surface area contributed by atoms with Crippen molar-refractivity contribution in [3.8, 4) is 0 Å². The van der Waals surface area contributed by atoms with Crippen LogP contribution in [0.3, 0.4) is 0 Å². The molecular formula is C18H17N3O4. The van der Waals surface area contributed by atoms with Gasteiger partial charge in [0.1, 0.15) is 5.56 Å². The van der Waals surface area contributed by atoms with Gasteiger partial charge in [0.05, 0.1) is 12.0 Å². The Labute approximate surface area is 143 Å². The molecule has 7 heteroatoms. The number of nitro groups is 1. The van der Waals surface area contributed by atoms with Crippen LogP contribution in [0.5, 0.6) is 0 Å². The van der Waals surface area contributed by atoms with Crippen LogP contribution < -0.4 is 5.32 Å². The molecule has 0 aliphatic heterocycles. The molecule has 0 fully saturated rings. The first-order valence-corrected chi connectivity index (χ1v) is 7.76. The highest BCUT2D eigenvalue weighted by Crippen LogP contribution is 2.24. The van der Waals surface area contributed by atoms with Gasteiger partial charge in [-0.25, -0.2) is 4.79 Å². The van der Waals surface area contributed by atoms with E-state index >= 15 is 0 Å². The molecule has 0 atom stereocenters. The molecule has 0 radical (unpaired) electrons. The van der Waals surface area contributed by atoms with E-state index in [4.69, 9.17) is 0 Å². The minimum atomic E-state index is -0.730. The Hall–Kier alpha value is -3.35. The van der Waals surface area contributed by atoms with Crippen molar-refractivity contribution < 1.29 is 14.5 Å². The summed E-state index contributed by atoms with van der Waals surface area (Å²) < 4.78 is 4.62. The average molecular weight is 339 g/mol. The van der Waals surface area contributed by atoms with Gasteiger partial charge in [-0.3, -0.25) is 10.1 Å². The van der Waals surface area contributed by atoms with Gasteiger partial charge in [0, 0.05) is 35.4 Å². The summed E-state index contributed by atoms with van der Waals surface area (Å²) in [6, 6.07) is 12.4. The summed E-state index contributed by atoms with van der Waals surface area (Å²) in [5.41, 5.74) is 2.56. The number of ether oxygens (including phenoxy) is 1. The first kappa shape index (κ1) is 16.5. The molecule has 1 aromatic heterocycles. The topological polar surface area (TPSA) is 97.3 Å². The lowest BCUT2D eigenvalue weighted by Crippen LogP contribution is -2.09. The highest BCUT2D eigenvalue weighted by Gasteiger charge is 2.21. The monoisotopic (exact) mass is 339 g/mol. The van der Waals surface area contributed by atoms with Gasteiger partial charge in [0.2, 0.25) is 0 Å². The highest BCUT2D eigenvalue weighted by atomic mass is 16.6. The zero-order valence-electron chi connectivity index (χ0n) is 13.6. The first-order chi connectivity index (χ1) is 12.1. The lowest BCUT2D eigenvalue weighted by Gasteiger charge is -2.08. The van der Waals surface area contributed by atoms with Crippen molar-refractivity contribution in [3.05, 3.63) is 69.9 Å². The maximum Gasteiger partial charge on any atom is 0.344 e. The Balaban J connectivity index is 1.73. The number of para-hydroxylation sites is 1. The minimum Gasteiger partial charge on any atom is -0.465 e. The molecule has 0 aliphatic rings. The number of H-pyrrole nitrogens is 1. The zero-order chi connectivity index (χ0) is 17.8. The van der Waals surface area contributed by atoms with E-state index in [-0.39, 0.29) is 11.3 Å². The molecule has 2 aromatic carbocycles. The van der Waals surface area contributed by atoms with Crippen molar-refractivity contribution in [1.29, 1.82) is 0 Å². The normalized spacial score (nSPS) is 10.6. The third-order valence-electron chi connectivity index (χ3n) is 4.00. The van der Waals surface area contributed by atoms with Crippen LogP contribution in [-0.4, -0.2) is 29.5 Å². The Kier molecular flexibility index (Phi) is 4.65. The molecule has 3 rings (SSSR count). The van der Waals surface area contributed by atoms with Gasteiger partial charge in [0.15, 0.2) is 0 Å². The number of aromatic nitrogens is 1. The molecule has 0 aliphatic carbocycles. The highest BCUT2D eigenvalue weighted by molar-refractivity contribution is 5.95. The third-order valence-corrected chi connectivity index (χ3v) is 4.00. The summed E-state index contributed by atoms with van der Waals surface area (Å²) >= 11 is 0. The van der Waals surface area contributed by atoms with E-state index in [1.165, 1.54) is 30.2 Å². The molecule has 0 spiro atoms. The van der Waals surface area contributed by atoms with Crippen LogP contribution in [-0.2, 0) is 11.2 Å². The van der Waals surface area contributed by atoms with Gasteiger partial charge >= 0.3 is 5.97 Å². The van der Waals surface area contributed by atoms with Crippen molar-refractivity contribution in [3.63, 3.8) is 0 Å². The second-order valence-corrected chi connectivity index (χ2v) is 5.52. The van der Waals surface area contributed by atoms with Gasteiger partial charge < -0.3 is 15.0 Å². The molecular weight excluding hydrogens is 322 g/mol. The van der Waals surface area contributed by atoms with E-state index in [0.717, 1.165) is 11.9 Å². The van der Waals surface area contributed by atoms with Crippen molar-refractivity contribution in [2.45, 2.75) is 6.42 Å². The quantitative estimate of drug-likeness (QED) is 0.407. The lowest BCUT2D eigenvalue weighted by atomic mass is 10.1. The molecule has 128 valence electrons. The first-order valence-electron chi connectivity index (χ1n) is 7.76. The maximum atomic E-state index is 11.7. The zero-order valence-corrected chi connectivity index (χ0v) is 13.6. The molecule has 2 N–H and O–H groups in total. The molecule has 0 bridgehead atoms. The Morgan fingerprint density at radius 2 is 2.08 bits per heavy atom. The van der Waals surface area contributed by atoms with Crippen LogP contribution in [0.4, 0.5) is 11.4 Å². The van der Waals surface area contributed by atoms with Crippen LogP contribution >= 0.6 is 0 Å². The summed E-state index contributed by atoms with van der Waals surface area (Å²) in [7, 11) is 1.20. The molecule has 0 saturated heterocycles. The van der Waals surface area contributed by atoms with E-state index < -0.39 is 10.9 Å². The Bertz CT molecular complexity index is 933. The molecule has 0 saturated carbocycles. The fourth-order valence-electron chi connectivity index (χ4n) is 2.76. The van der Waals surface area contributed by atoms with Crippen LogP contribution in [0.15, 0.2) is 48.7 Å². The van der Waals surface area contributed by atoms with Crippen LogP contribution in [0, 0.1) is 10.1 Å². The van der Waals surface area contributed by atoms with E-state index in [0.29, 0.717) is 12.2 Å². The Morgan fingerprint density at radius 1 is 1.28 bits per heavy atom. The number of esters is 1. The number of carbonyl (C=O) groups excluding carboxylic acids is 1. The standard InChI is InChI=1S/C18H17N3O4/c1-25-18(22)15-10-13(6-7-17(15)21(23)24)19-9-8-12-11-20-16-5-3-2-4-14(12)16/h2-7,10-11,19-20H,8-9H2,1H3. The van der Waals surface area contributed by atoms with E-state index in [1.54, 1.807) is 6.07 Å². The van der Waals surface area contributed by atoms with E-state index in [1.807, 2.05) is 24.4 Å². The lowest BCUT2D eigenvalue weighted by molar-refractivity contribution is -0.385. The molecule has 3 aromatic rings. The number of nitrogens with zero attached hydrogens (tertiary/aromatic N) is 1. The summed E-state index contributed by atoms with van der Waals surface area (Å²) in [6.45, 7) is 0.625. The smallest absolute Gasteiger partial charge is 0.344 e. The van der Waals surface area contributed by atoms with E-state index in [9.17, 15) is 14.9 Å². The number of fused-ring (bicyclic) bond motifs is 1.